The van der Waals surface area contributed by atoms with E-state index in [4.69, 9.17) is 5.11 Å². The Balaban J connectivity index is 2.49. The second kappa shape index (κ2) is 4.87. The molecule has 1 N–H and O–H groups in total. The predicted molar refractivity (Wildman–Crippen MR) is 70.6 cm³/mol. The third kappa shape index (κ3) is 2.02. The van der Waals surface area contributed by atoms with E-state index in [9.17, 15) is 4.79 Å². The second-order valence-electron chi connectivity index (χ2n) is 3.87. The summed E-state index contributed by atoms with van der Waals surface area (Å²) in [7, 11) is 1.94. The van der Waals surface area contributed by atoms with E-state index in [2.05, 4.69) is 10.1 Å². The van der Waals surface area contributed by atoms with Crippen LogP contribution >= 0.6 is 11.3 Å². The van der Waals surface area contributed by atoms with Crippen molar-refractivity contribution in [1.29, 1.82) is 0 Å². The topological polar surface area (TPSA) is 70.7 Å². The minimum Gasteiger partial charge on any atom is -0.374 e. The Morgan fingerprint density at radius 1 is 1.56 bits per heavy atom. The largest absolute Gasteiger partial charge is 0.374 e. The molecule has 0 spiro atoms. The normalized spacial score (nSPS) is 11.6. The molecule has 0 atom stereocenters. The van der Waals surface area contributed by atoms with Gasteiger partial charge >= 0.3 is 0 Å². The summed E-state index contributed by atoms with van der Waals surface area (Å²) in [5, 5.41) is 14.7. The van der Waals surface area contributed by atoms with Crippen LogP contribution in [0.25, 0.3) is 10.3 Å². The number of hydrogen-bond donors (Lipinski definition) is 1. The molecule has 0 saturated heterocycles. The molecular weight excluding hydrogens is 252 g/mol. The molecule has 0 unspecified atom stereocenters. The molecule has 0 aliphatic heterocycles. The number of fused-ring (bicyclic) bond motifs is 1. The third-order valence-electron chi connectivity index (χ3n) is 2.77. The summed E-state index contributed by atoms with van der Waals surface area (Å²) in [4.78, 5) is 15.0. The molecule has 2 heterocycles. The molecule has 0 bridgehead atoms. The summed E-state index contributed by atoms with van der Waals surface area (Å²) in [6.07, 6.45) is 2.06. The van der Waals surface area contributed by atoms with Crippen molar-refractivity contribution < 1.29 is 9.90 Å². The highest BCUT2D eigenvalue weighted by atomic mass is 32.1. The Hall–Kier alpha value is -1.73. The monoisotopic (exact) mass is 266 g/mol. The lowest BCUT2D eigenvalue weighted by molar-refractivity contribution is -0.121. The fourth-order valence-electron chi connectivity index (χ4n) is 1.70. The van der Waals surface area contributed by atoms with Crippen molar-refractivity contribution in [1.82, 2.24) is 14.6 Å². The fourth-order valence-corrected chi connectivity index (χ4v) is 2.72. The van der Waals surface area contributed by atoms with Gasteiger partial charge in [-0.2, -0.15) is 5.10 Å². The Labute approximate surface area is 108 Å². The molecule has 2 aromatic heterocycles. The molecule has 0 aliphatic carbocycles. The number of hydrogen-bond acceptors (Lipinski definition) is 5. The average molecular weight is 266 g/mol. The quantitative estimate of drug-likeness (QED) is 0.388. The number of aliphatic hydroxyl groups is 1. The number of aliphatic hydroxyl groups excluding tert-OH is 1. The first-order valence-electron chi connectivity index (χ1n) is 5.37. The highest BCUT2D eigenvalue weighted by molar-refractivity contribution is 7.18. The molecule has 0 aromatic carbocycles. The van der Waals surface area contributed by atoms with Gasteiger partial charge in [0.1, 0.15) is 6.73 Å². The summed E-state index contributed by atoms with van der Waals surface area (Å²) in [5.74, 6) is 0. The molecule has 6 nitrogen and oxygen atoms in total. The van der Waals surface area contributed by atoms with Crippen molar-refractivity contribution in [2.45, 2.75) is 13.8 Å². The number of aryl methyl sites for hydroxylation is 2. The van der Waals surface area contributed by atoms with E-state index in [0.29, 0.717) is 6.41 Å². The first-order chi connectivity index (χ1) is 8.58. The minimum atomic E-state index is -0.434. The van der Waals surface area contributed by atoms with Crippen molar-refractivity contribution >= 4 is 34.3 Å². The lowest BCUT2D eigenvalue weighted by Gasteiger charge is -2.04. The van der Waals surface area contributed by atoms with Gasteiger partial charge in [0.25, 0.3) is 0 Å². The van der Waals surface area contributed by atoms with Gasteiger partial charge in [-0.1, -0.05) is 0 Å². The van der Waals surface area contributed by atoms with Crippen LogP contribution < -0.4 is 0 Å². The number of nitrogens with zero attached hydrogens (tertiary/aromatic N) is 4. The van der Waals surface area contributed by atoms with Crippen molar-refractivity contribution in [2.75, 3.05) is 6.73 Å². The molecule has 96 valence electrons. The summed E-state index contributed by atoms with van der Waals surface area (Å²) in [6.45, 7) is 3.48. The highest BCUT2D eigenvalue weighted by Gasteiger charge is 2.14. The van der Waals surface area contributed by atoms with Gasteiger partial charge in [-0.05, 0) is 13.8 Å². The highest BCUT2D eigenvalue weighted by Crippen LogP contribution is 2.28. The fraction of sp³-hybridized carbons (Fsp3) is 0.364. The van der Waals surface area contributed by atoms with Gasteiger partial charge < -0.3 is 9.67 Å². The van der Waals surface area contributed by atoms with E-state index >= 15 is 0 Å². The molecule has 0 radical (unpaired) electrons. The predicted octanol–water partition coefficient (Wildman–Crippen LogP) is 0.994. The number of aromatic nitrogens is 2. The van der Waals surface area contributed by atoms with Gasteiger partial charge in [-0.25, -0.2) is 9.99 Å². The van der Waals surface area contributed by atoms with Crippen molar-refractivity contribution in [2.24, 2.45) is 12.1 Å². The van der Waals surface area contributed by atoms with Crippen LogP contribution in [0.5, 0.6) is 0 Å². The van der Waals surface area contributed by atoms with Gasteiger partial charge in [0.05, 0.1) is 15.9 Å². The standard InChI is InChI=1S/C11H14N4O2S/c1-7-9(4-12-15(5-16)6-17)10-11(14(7)3)13-8(2)18-10/h4-5,17H,6H2,1-3H3/b12-4-. The smallest absolute Gasteiger partial charge is 0.232 e. The first kappa shape index (κ1) is 12.7. The van der Waals surface area contributed by atoms with Gasteiger partial charge in [-0.15, -0.1) is 11.3 Å². The summed E-state index contributed by atoms with van der Waals surface area (Å²) < 4.78 is 3.03. The molecule has 7 heteroatoms. The lowest BCUT2D eigenvalue weighted by atomic mass is 10.3. The number of thiazole rings is 1. The van der Waals surface area contributed by atoms with Crippen LogP contribution in [0.3, 0.4) is 0 Å². The number of hydrazone groups is 1. The van der Waals surface area contributed by atoms with Gasteiger partial charge in [0.2, 0.25) is 6.41 Å². The minimum absolute atomic E-state index is 0.434. The Kier molecular flexibility index (Phi) is 3.44. The van der Waals surface area contributed by atoms with Crippen LogP contribution in [0.2, 0.25) is 0 Å². The molecule has 2 rings (SSSR count). The van der Waals surface area contributed by atoms with Crippen molar-refractivity contribution in [3.8, 4) is 0 Å². The zero-order chi connectivity index (χ0) is 13.3. The van der Waals surface area contributed by atoms with Crippen LogP contribution in [0, 0.1) is 13.8 Å². The van der Waals surface area contributed by atoms with Gasteiger partial charge in [0.15, 0.2) is 5.65 Å². The number of carbonyl (C=O) groups is 1. The van der Waals surface area contributed by atoms with E-state index in [0.717, 1.165) is 31.6 Å². The van der Waals surface area contributed by atoms with E-state index in [-0.39, 0.29) is 0 Å². The Morgan fingerprint density at radius 2 is 2.28 bits per heavy atom. The van der Waals surface area contributed by atoms with Crippen molar-refractivity contribution in [3.05, 3.63) is 16.3 Å². The molecular formula is C11H14N4O2S. The number of carbonyl (C=O) groups excluding carboxylic acids is 1. The molecule has 0 aliphatic rings. The second-order valence-corrected chi connectivity index (χ2v) is 5.08. The molecule has 18 heavy (non-hydrogen) atoms. The summed E-state index contributed by atoms with van der Waals surface area (Å²) >= 11 is 1.59. The zero-order valence-electron chi connectivity index (χ0n) is 10.4. The maximum atomic E-state index is 10.6. The number of rotatable bonds is 4. The summed E-state index contributed by atoms with van der Waals surface area (Å²) in [5.41, 5.74) is 2.87. The molecule has 0 fully saturated rings. The van der Waals surface area contributed by atoms with Crippen LogP contribution in [0.4, 0.5) is 0 Å². The van der Waals surface area contributed by atoms with E-state index in [1.807, 2.05) is 25.5 Å². The SMILES string of the molecule is Cc1nc2c(s1)c(/C=N\N(C=O)CO)c(C)n2C. The maximum absolute atomic E-state index is 10.6. The zero-order valence-corrected chi connectivity index (χ0v) is 11.2. The lowest BCUT2D eigenvalue weighted by Crippen LogP contribution is -2.16. The first-order valence-corrected chi connectivity index (χ1v) is 6.19. The molecule has 1 amide bonds. The third-order valence-corrected chi connectivity index (χ3v) is 3.77. The van der Waals surface area contributed by atoms with Crippen LogP contribution in [0.15, 0.2) is 5.10 Å². The Morgan fingerprint density at radius 3 is 2.89 bits per heavy atom. The van der Waals surface area contributed by atoms with Gasteiger partial charge in [0, 0.05) is 18.3 Å². The van der Waals surface area contributed by atoms with Crippen LogP contribution in [0.1, 0.15) is 16.3 Å². The van der Waals surface area contributed by atoms with E-state index in [1.165, 1.54) is 0 Å². The van der Waals surface area contributed by atoms with E-state index in [1.54, 1.807) is 17.6 Å². The molecule has 2 aromatic rings. The van der Waals surface area contributed by atoms with Crippen LogP contribution in [-0.2, 0) is 11.8 Å². The molecule has 0 saturated carbocycles. The van der Waals surface area contributed by atoms with Gasteiger partial charge in [-0.3, -0.25) is 4.79 Å². The van der Waals surface area contributed by atoms with E-state index < -0.39 is 6.73 Å². The summed E-state index contributed by atoms with van der Waals surface area (Å²) in [6, 6.07) is 0. The van der Waals surface area contributed by atoms with Crippen molar-refractivity contribution in [3.63, 3.8) is 0 Å². The number of amides is 1. The Bertz CT molecular complexity index is 614. The maximum Gasteiger partial charge on any atom is 0.232 e. The van der Waals surface area contributed by atoms with Crippen LogP contribution in [-0.4, -0.2) is 39.0 Å². The average Bonchev–Trinajstić information content (AvgIpc) is 2.83.